The Bertz CT molecular complexity index is 1190. The monoisotopic (exact) mass is 538 g/mol. The molecule has 5 aromatic rings. The van der Waals surface area contributed by atoms with Crippen molar-refractivity contribution in [2.24, 2.45) is 0 Å². The van der Waals surface area contributed by atoms with Crippen molar-refractivity contribution in [1.82, 2.24) is 0 Å². The zero-order chi connectivity index (χ0) is 25.1. The first kappa shape index (κ1) is 31.5. The van der Waals surface area contributed by atoms with Crippen molar-refractivity contribution < 1.29 is 21.7 Å². The smallest absolute Gasteiger partial charge is 0.343 e. The molecule has 0 atom stereocenters. The van der Waals surface area contributed by atoms with Gasteiger partial charge in [-0.15, -0.1) is 68.2 Å². The van der Waals surface area contributed by atoms with Crippen LogP contribution in [0.4, 0.5) is 0 Å². The third-order valence-corrected chi connectivity index (χ3v) is 6.09. The maximum Gasteiger partial charge on any atom is 4.00 e. The molecule has 0 saturated carbocycles. The van der Waals surface area contributed by atoms with Gasteiger partial charge in [-0.05, 0) is 23.9 Å². The second-order valence-electron chi connectivity index (χ2n) is 8.42. The van der Waals surface area contributed by atoms with Gasteiger partial charge in [0.1, 0.15) is 0 Å². The second-order valence-corrected chi connectivity index (χ2v) is 9.23. The van der Waals surface area contributed by atoms with Crippen LogP contribution in [0.5, 0.6) is 0 Å². The van der Waals surface area contributed by atoms with Gasteiger partial charge in [-0.2, -0.15) is 25.0 Å². The van der Waals surface area contributed by atoms with E-state index in [9.17, 15) is 0 Å². The predicted octanol–water partition coefficient (Wildman–Crippen LogP) is 11.4. The molecule has 0 aromatic heterocycles. The quantitative estimate of drug-likeness (QED) is 0.155. The summed E-state index contributed by atoms with van der Waals surface area (Å²) in [6, 6.07) is 25.1. The molecule has 0 nitrogen and oxygen atoms in total. The Labute approximate surface area is 237 Å². The third kappa shape index (κ3) is 9.11. The van der Waals surface area contributed by atoms with Gasteiger partial charge in [-0.1, -0.05) is 85.8 Å². The molecule has 182 valence electrons. The van der Waals surface area contributed by atoms with Crippen LogP contribution in [0.3, 0.4) is 0 Å². The van der Waals surface area contributed by atoms with Crippen LogP contribution in [0.25, 0.3) is 32.3 Å². The Hall–Kier alpha value is -1.57. The van der Waals surface area contributed by atoms with Crippen LogP contribution in [0.2, 0.25) is 10.0 Å². The van der Waals surface area contributed by atoms with Crippen molar-refractivity contribution in [3.63, 3.8) is 0 Å². The van der Waals surface area contributed by atoms with Crippen molar-refractivity contribution in [2.75, 3.05) is 0 Å². The number of unbranched alkanes of at least 4 members (excludes halogenated alkanes) is 2. The van der Waals surface area contributed by atoms with Crippen molar-refractivity contribution in [2.45, 2.75) is 53.4 Å². The fourth-order valence-electron chi connectivity index (χ4n) is 3.39. The molecule has 0 bridgehead atoms. The summed E-state index contributed by atoms with van der Waals surface area (Å²) in [5.74, 6) is 0. The molecule has 35 heavy (non-hydrogen) atoms. The van der Waals surface area contributed by atoms with Crippen LogP contribution in [-0.2, 0) is 21.7 Å². The predicted molar refractivity (Wildman–Crippen MR) is 157 cm³/mol. The zero-order valence-electron chi connectivity index (χ0n) is 21.4. The summed E-state index contributed by atoms with van der Waals surface area (Å²) in [7, 11) is 0. The van der Waals surface area contributed by atoms with Crippen LogP contribution in [0.1, 0.15) is 50.7 Å². The summed E-state index contributed by atoms with van der Waals surface area (Å²) >= 11 is 11.8. The van der Waals surface area contributed by atoms with Gasteiger partial charge in [-0.25, -0.2) is 0 Å². The molecular formula is C32H36Cl2Ti. The van der Waals surface area contributed by atoms with E-state index in [4.69, 9.17) is 23.2 Å². The van der Waals surface area contributed by atoms with E-state index in [1.165, 1.54) is 45.5 Å². The zero-order valence-corrected chi connectivity index (χ0v) is 24.5. The number of aryl methyl sites for hydroxylation is 2. The van der Waals surface area contributed by atoms with E-state index in [-0.39, 0.29) is 21.7 Å². The first-order valence-corrected chi connectivity index (χ1v) is 12.8. The minimum atomic E-state index is 0. The minimum Gasteiger partial charge on any atom is -0.343 e. The molecule has 3 heteroatoms. The molecule has 0 radical (unpaired) electrons. The van der Waals surface area contributed by atoms with Crippen molar-refractivity contribution in [3.05, 3.63) is 108 Å². The van der Waals surface area contributed by atoms with Crippen LogP contribution in [0, 0.1) is 27.7 Å². The molecule has 0 spiro atoms. The van der Waals surface area contributed by atoms with Gasteiger partial charge in [0, 0.05) is 0 Å². The van der Waals surface area contributed by atoms with E-state index in [1.807, 2.05) is 30.3 Å². The fraction of sp³-hybridized carbons (Fsp3) is 0.250. The van der Waals surface area contributed by atoms with Gasteiger partial charge in [0.2, 0.25) is 0 Å². The van der Waals surface area contributed by atoms with Crippen LogP contribution in [-0.4, -0.2) is 0 Å². The van der Waals surface area contributed by atoms with E-state index in [2.05, 4.69) is 84.0 Å². The molecule has 5 rings (SSSR count). The Morgan fingerprint density at radius 2 is 1.14 bits per heavy atom. The van der Waals surface area contributed by atoms with Crippen molar-refractivity contribution in [1.29, 1.82) is 0 Å². The number of hydrogen-bond donors (Lipinski definition) is 0. The molecule has 0 heterocycles. The van der Waals surface area contributed by atoms with E-state index < -0.39 is 0 Å². The average molecular weight is 539 g/mol. The SMILES string of the molecule is Cc1ccc2[cH-]c3ccc(C)cc3c2c1.Clc1ccc(Cl)c2[cH-]ccc12.[CH2-]CCC.[CH2-]CCC.[Ti+4]. The summed E-state index contributed by atoms with van der Waals surface area (Å²) in [4.78, 5) is 0. The molecule has 0 amide bonds. The Morgan fingerprint density at radius 3 is 1.57 bits per heavy atom. The van der Waals surface area contributed by atoms with Gasteiger partial charge in [0.05, 0.1) is 0 Å². The molecule has 0 unspecified atom stereocenters. The summed E-state index contributed by atoms with van der Waals surface area (Å²) in [6.45, 7) is 15.7. The number of fused-ring (bicyclic) bond motifs is 4. The second kappa shape index (κ2) is 16.2. The van der Waals surface area contributed by atoms with E-state index in [0.717, 1.165) is 33.7 Å². The standard InChI is InChI=1S/C15H13.C9H5Cl2.2C4H9.Ti/c1-10-3-5-12-9-13-6-4-11(2)8-15(13)14(12)7-10;10-8-4-5-9(11)7-3-1-2-6(7)8;2*1-3-4-2;/h3-9H,1-2H3;1-5H;2*1,3-4H2,2H3;/q4*-1;+4. The van der Waals surface area contributed by atoms with E-state index in [0.29, 0.717) is 0 Å². The summed E-state index contributed by atoms with van der Waals surface area (Å²) in [5.41, 5.74) is 2.66. The van der Waals surface area contributed by atoms with Crippen LogP contribution in [0.15, 0.2) is 72.8 Å². The van der Waals surface area contributed by atoms with E-state index in [1.54, 1.807) is 0 Å². The molecule has 0 aliphatic heterocycles. The van der Waals surface area contributed by atoms with Gasteiger partial charge in [0.25, 0.3) is 0 Å². The minimum absolute atomic E-state index is 0. The summed E-state index contributed by atoms with van der Waals surface area (Å²) in [6.07, 6.45) is 4.56. The topological polar surface area (TPSA) is 0 Å². The number of rotatable bonds is 2. The number of hydrogen-bond acceptors (Lipinski definition) is 0. The van der Waals surface area contributed by atoms with Gasteiger partial charge in [-0.3, -0.25) is 0 Å². The molecule has 5 aromatic carbocycles. The number of halogens is 2. The van der Waals surface area contributed by atoms with Crippen molar-refractivity contribution >= 4 is 55.5 Å². The Morgan fingerprint density at radius 1 is 0.686 bits per heavy atom. The van der Waals surface area contributed by atoms with Gasteiger partial charge in [0.15, 0.2) is 0 Å². The normalized spacial score (nSPS) is 9.94. The Balaban J connectivity index is 0.000000270. The maximum absolute atomic E-state index is 5.91. The van der Waals surface area contributed by atoms with Crippen LogP contribution < -0.4 is 0 Å². The molecule has 0 aliphatic carbocycles. The van der Waals surface area contributed by atoms with E-state index >= 15 is 0 Å². The first-order chi connectivity index (χ1) is 16.4. The maximum atomic E-state index is 5.91. The molecule has 0 saturated heterocycles. The molecular weight excluding hydrogens is 503 g/mol. The first-order valence-electron chi connectivity index (χ1n) is 12.0. The van der Waals surface area contributed by atoms with Crippen LogP contribution >= 0.6 is 23.2 Å². The summed E-state index contributed by atoms with van der Waals surface area (Å²) in [5, 5.41) is 9.03. The van der Waals surface area contributed by atoms with Gasteiger partial charge < -0.3 is 13.8 Å². The Kier molecular flexibility index (Phi) is 14.6. The summed E-state index contributed by atoms with van der Waals surface area (Å²) < 4.78 is 0. The largest absolute Gasteiger partial charge is 4.00 e. The molecule has 0 N–H and O–H groups in total. The number of benzene rings is 3. The van der Waals surface area contributed by atoms with Crippen molar-refractivity contribution in [3.8, 4) is 0 Å². The van der Waals surface area contributed by atoms with Gasteiger partial charge >= 0.3 is 21.7 Å². The molecule has 0 fully saturated rings. The fourth-order valence-corrected chi connectivity index (χ4v) is 3.84. The molecule has 0 aliphatic rings. The average Bonchev–Trinajstić information content (AvgIpc) is 3.48. The third-order valence-electron chi connectivity index (χ3n) is 5.43.